The second-order valence-corrected chi connectivity index (χ2v) is 4.07. The number of ether oxygens (including phenoxy) is 1. The number of anilines is 1. The molecule has 0 saturated heterocycles. The first-order valence-corrected chi connectivity index (χ1v) is 6.13. The zero-order valence-corrected chi connectivity index (χ0v) is 10.6. The highest BCUT2D eigenvalue weighted by molar-refractivity contribution is 6.29. The minimum atomic E-state index is 0.396. The third-order valence-electron chi connectivity index (χ3n) is 2.27. The molecule has 18 heavy (non-hydrogen) atoms. The zero-order valence-electron chi connectivity index (χ0n) is 9.84. The maximum absolute atomic E-state index is 5.64. The van der Waals surface area contributed by atoms with Crippen LogP contribution in [0.2, 0.25) is 5.15 Å². The molecule has 2 aromatic rings. The van der Waals surface area contributed by atoms with Gasteiger partial charge in [-0.2, -0.15) is 0 Å². The summed E-state index contributed by atoms with van der Waals surface area (Å²) < 4.78 is 5.57. The summed E-state index contributed by atoms with van der Waals surface area (Å²) in [5.41, 5.74) is 0. The molecule has 0 aliphatic heterocycles. The number of halogens is 1. The van der Waals surface area contributed by atoms with Crippen LogP contribution in [0, 0.1) is 0 Å². The first kappa shape index (κ1) is 12.6. The van der Waals surface area contributed by atoms with Crippen molar-refractivity contribution in [1.29, 1.82) is 0 Å². The van der Waals surface area contributed by atoms with Gasteiger partial charge in [0.1, 0.15) is 11.6 Å². The van der Waals surface area contributed by atoms with E-state index in [0.29, 0.717) is 11.8 Å². The second kappa shape index (κ2) is 6.81. The van der Waals surface area contributed by atoms with E-state index in [0.717, 1.165) is 24.5 Å². The molecule has 5 heteroatoms. The van der Waals surface area contributed by atoms with Gasteiger partial charge in [-0.15, -0.1) is 10.2 Å². The monoisotopic (exact) mass is 263 g/mol. The molecule has 1 heterocycles. The van der Waals surface area contributed by atoms with Crippen molar-refractivity contribution in [3.8, 4) is 5.75 Å². The number of hydrogen-bond donors (Lipinski definition) is 1. The van der Waals surface area contributed by atoms with Crippen LogP contribution in [-0.2, 0) is 0 Å². The molecule has 0 amide bonds. The molecule has 0 unspecified atom stereocenters. The molecule has 0 fully saturated rings. The zero-order chi connectivity index (χ0) is 12.6. The largest absolute Gasteiger partial charge is 0.494 e. The quantitative estimate of drug-likeness (QED) is 0.814. The average molecular weight is 264 g/mol. The van der Waals surface area contributed by atoms with Gasteiger partial charge in [0.25, 0.3) is 0 Å². The van der Waals surface area contributed by atoms with Crippen molar-refractivity contribution >= 4 is 17.4 Å². The predicted molar refractivity (Wildman–Crippen MR) is 72.1 cm³/mol. The van der Waals surface area contributed by atoms with Gasteiger partial charge in [0.15, 0.2) is 5.15 Å². The predicted octanol–water partition coefficient (Wildman–Crippen LogP) is 3.01. The summed E-state index contributed by atoms with van der Waals surface area (Å²) in [6.45, 7) is 1.45. The fraction of sp³-hybridized carbons (Fsp3) is 0.231. The van der Waals surface area contributed by atoms with E-state index in [9.17, 15) is 0 Å². The van der Waals surface area contributed by atoms with E-state index < -0.39 is 0 Å². The number of nitrogens with one attached hydrogen (secondary N) is 1. The molecule has 1 aromatic carbocycles. The van der Waals surface area contributed by atoms with Crippen molar-refractivity contribution in [1.82, 2.24) is 10.2 Å². The highest BCUT2D eigenvalue weighted by atomic mass is 35.5. The molecule has 0 aliphatic rings. The molecule has 0 spiro atoms. The maximum Gasteiger partial charge on any atom is 0.151 e. The van der Waals surface area contributed by atoms with E-state index in [2.05, 4.69) is 15.5 Å². The Hall–Kier alpha value is -1.81. The Bertz CT molecular complexity index is 461. The van der Waals surface area contributed by atoms with Crippen LogP contribution in [0.4, 0.5) is 5.82 Å². The van der Waals surface area contributed by atoms with Crippen LogP contribution in [0.3, 0.4) is 0 Å². The van der Waals surface area contributed by atoms with E-state index >= 15 is 0 Å². The lowest BCUT2D eigenvalue weighted by Gasteiger charge is -2.07. The molecule has 0 bridgehead atoms. The minimum Gasteiger partial charge on any atom is -0.494 e. The van der Waals surface area contributed by atoms with Crippen LogP contribution in [0.5, 0.6) is 5.75 Å². The lowest BCUT2D eigenvalue weighted by molar-refractivity contribution is 0.315. The number of rotatable bonds is 6. The van der Waals surface area contributed by atoms with E-state index in [1.54, 1.807) is 12.1 Å². The fourth-order valence-corrected chi connectivity index (χ4v) is 1.51. The van der Waals surface area contributed by atoms with Gasteiger partial charge in [-0.3, -0.25) is 0 Å². The van der Waals surface area contributed by atoms with Gasteiger partial charge in [-0.05, 0) is 30.7 Å². The van der Waals surface area contributed by atoms with Gasteiger partial charge >= 0.3 is 0 Å². The third kappa shape index (κ3) is 4.22. The molecule has 2 rings (SSSR count). The van der Waals surface area contributed by atoms with E-state index in [1.807, 2.05) is 30.3 Å². The molecular weight excluding hydrogens is 250 g/mol. The summed E-state index contributed by atoms with van der Waals surface area (Å²) in [4.78, 5) is 0. The van der Waals surface area contributed by atoms with Crippen LogP contribution in [-0.4, -0.2) is 23.3 Å². The summed E-state index contributed by atoms with van der Waals surface area (Å²) in [6, 6.07) is 13.3. The highest BCUT2D eigenvalue weighted by Crippen LogP contribution is 2.09. The molecule has 4 nitrogen and oxygen atoms in total. The van der Waals surface area contributed by atoms with Crippen LogP contribution in [0.15, 0.2) is 42.5 Å². The van der Waals surface area contributed by atoms with Crippen LogP contribution >= 0.6 is 11.6 Å². The molecule has 1 N–H and O–H groups in total. The Morgan fingerprint density at radius 2 is 1.89 bits per heavy atom. The number of aromatic nitrogens is 2. The standard InChI is InChI=1S/C13H14ClN3O/c14-12-7-8-13(17-16-12)15-9-4-10-18-11-5-2-1-3-6-11/h1-3,5-8H,4,9-10H2,(H,15,17). The van der Waals surface area contributed by atoms with Crippen LogP contribution < -0.4 is 10.1 Å². The first-order valence-electron chi connectivity index (χ1n) is 5.75. The van der Waals surface area contributed by atoms with Crippen molar-refractivity contribution in [3.05, 3.63) is 47.6 Å². The Morgan fingerprint density at radius 3 is 2.61 bits per heavy atom. The van der Waals surface area contributed by atoms with Gasteiger partial charge in [0.2, 0.25) is 0 Å². The molecule has 0 saturated carbocycles. The second-order valence-electron chi connectivity index (χ2n) is 3.68. The Morgan fingerprint density at radius 1 is 1.06 bits per heavy atom. The molecule has 1 aromatic heterocycles. The SMILES string of the molecule is Clc1ccc(NCCCOc2ccccc2)nn1. The summed E-state index contributed by atoms with van der Waals surface area (Å²) in [5, 5.41) is 11.2. The number of benzene rings is 1. The number of para-hydroxylation sites is 1. The summed E-state index contributed by atoms with van der Waals surface area (Å²) in [7, 11) is 0. The smallest absolute Gasteiger partial charge is 0.151 e. The van der Waals surface area contributed by atoms with Gasteiger partial charge in [0.05, 0.1) is 6.61 Å². The van der Waals surface area contributed by atoms with Crippen molar-refractivity contribution < 1.29 is 4.74 Å². The highest BCUT2D eigenvalue weighted by Gasteiger charge is 1.95. The van der Waals surface area contributed by atoms with Crippen LogP contribution in [0.25, 0.3) is 0 Å². The summed E-state index contributed by atoms with van der Waals surface area (Å²) in [6.07, 6.45) is 0.888. The van der Waals surface area contributed by atoms with Gasteiger partial charge in [-0.25, -0.2) is 0 Å². The van der Waals surface area contributed by atoms with E-state index in [1.165, 1.54) is 0 Å². The molecular formula is C13H14ClN3O. The van der Waals surface area contributed by atoms with Gasteiger partial charge in [-0.1, -0.05) is 29.8 Å². The maximum atomic E-state index is 5.64. The number of hydrogen-bond acceptors (Lipinski definition) is 4. The summed E-state index contributed by atoms with van der Waals surface area (Å²) >= 11 is 5.64. The van der Waals surface area contributed by atoms with Gasteiger partial charge in [0, 0.05) is 6.54 Å². The molecule has 0 atom stereocenters. The van der Waals surface area contributed by atoms with Crippen LogP contribution in [0.1, 0.15) is 6.42 Å². The lowest BCUT2D eigenvalue weighted by Crippen LogP contribution is -2.08. The minimum absolute atomic E-state index is 0.396. The first-order chi connectivity index (χ1) is 8.84. The van der Waals surface area contributed by atoms with E-state index in [4.69, 9.17) is 16.3 Å². The Kier molecular flexibility index (Phi) is 4.78. The molecule has 0 aliphatic carbocycles. The molecule has 0 radical (unpaired) electrons. The summed E-state index contributed by atoms with van der Waals surface area (Å²) in [5.74, 6) is 1.61. The van der Waals surface area contributed by atoms with Crippen molar-refractivity contribution in [2.45, 2.75) is 6.42 Å². The lowest BCUT2D eigenvalue weighted by atomic mass is 10.3. The van der Waals surface area contributed by atoms with E-state index in [-0.39, 0.29) is 0 Å². The number of nitrogens with zero attached hydrogens (tertiary/aromatic N) is 2. The Balaban J connectivity index is 1.63. The fourth-order valence-electron chi connectivity index (χ4n) is 1.41. The normalized spacial score (nSPS) is 10.1. The van der Waals surface area contributed by atoms with Crippen molar-refractivity contribution in [2.24, 2.45) is 0 Å². The van der Waals surface area contributed by atoms with Crippen molar-refractivity contribution in [2.75, 3.05) is 18.5 Å². The Labute approximate surface area is 111 Å². The third-order valence-corrected chi connectivity index (χ3v) is 2.47. The molecule has 94 valence electrons. The topological polar surface area (TPSA) is 47.0 Å². The van der Waals surface area contributed by atoms with Gasteiger partial charge < -0.3 is 10.1 Å². The average Bonchev–Trinajstić information content (AvgIpc) is 2.42. The van der Waals surface area contributed by atoms with Crippen molar-refractivity contribution in [3.63, 3.8) is 0 Å².